The normalized spacial score (nSPS) is 10.7. The van der Waals surface area contributed by atoms with Crippen LogP contribution in [0, 0.1) is 0 Å². The predicted molar refractivity (Wildman–Crippen MR) is 87.8 cm³/mol. The first-order valence-corrected chi connectivity index (χ1v) is 8.05. The molecule has 1 heterocycles. The summed E-state index contributed by atoms with van der Waals surface area (Å²) in [4.78, 5) is 5.53. The Bertz CT molecular complexity index is 743. The van der Waals surface area contributed by atoms with E-state index in [4.69, 9.17) is 10.3 Å². The van der Waals surface area contributed by atoms with Crippen molar-refractivity contribution in [2.75, 3.05) is 5.73 Å². The third-order valence-electron chi connectivity index (χ3n) is 2.79. The van der Waals surface area contributed by atoms with E-state index in [9.17, 15) is 0 Å². The first-order chi connectivity index (χ1) is 10.2. The number of benzene rings is 2. The van der Waals surface area contributed by atoms with Gasteiger partial charge in [-0.1, -0.05) is 33.2 Å². The van der Waals surface area contributed by atoms with E-state index < -0.39 is 0 Å². The summed E-state index contributed by atoms with van der Waals surface area (Å²) in [5.74, 6) is 1.83. The van der Waals surface area contributed by atoms with E-state index in [2.05, 4.69) is 26.1 Å². The molecule has 0 unspecified atom stereocenters. The largest absolute Gasteiger partial charge is 0.399 e. The average Bonchev–Trinajstić information content (AvgIpc) is 2.96. The summed E-state index contributed by atoms with van der Waals surface area (Å²) in [6, 6.07) is 15.5. The highest BCUT2D eigenvalue weighted by atomic mass is 79.9. The highest BCUT2D eigenvalue weighted by Crippen LogP contribution is 2.25. The van der Waals surface area contributed by atoms with Gasteiger partial charge in [0.2, 0.25) is 11.7 Å². The van der Waals surface area contributed by atoms with Gasteiger partial charge >= 0.3 is 0 Å². The molecule has 3 aromatic rings. The van der Waals surface area contributed by atoms with E-state index in [0.29, 0.717) is 17.5 Å². The third-order valence-corrected chi connectivity index (χ3v) is 4.28. The molecule has 0 amide bonds. The Labute approximate surface area is 134 Å². The number of hydrogen-bond donors (Lipinski definition) is 1. The van der Waals surface area contributed by atoms with Crippen LogP contribution in [0.15, 0.2) is 62.4 Å². The minimum Gasteiger partial charge on any atom is -0.399 e. The fraction of sp³-hybridized carbons (Fsp3) is 0.0667. The van der Waals surface area contributed by atoms with Crippen molar-refractivity contribution in [2.45, 2.75) is 10.6 Å². The molecule has 1 aromatic heterocycles. The van der Waals surface area contributed by atoms with E-state index in [1.807, 2.05) is 48.5 Å². The molecule has 106 valence electrons. The number of nitrogens with two attached hydrogens (primary N) is 1. The van der Waals surface area contributed by atoms with Gasteiger partial charge in [-0.3, -0.25) is 0 Å². The minimum absolute atomic E-state index is 0.601. The SMILES string of the molecule is Nc1ccc(SCc2nc(-c3cccc(Br)c3)no2)cc1. The van der Waals surface area contributed by atoms with Crippen LogP contribution in [-0.2, 0) is 5.75 Å². The Hall–Kier alpha value is -1.79. The molecule has 0 fully saturated rings. The van der Waals surface area contributed by atoms with Crippen LogP contribution in [0.25, 0.3) is 11.4 Å². The molecule has 0 saturated carbocycles. The van der Waals surface area contributed by atoms with Gasteiger partial charge in [-0.25, -0.2) is 0 Å². The van der Waals surface area contributed by atoms with Crippen molar-refractivity contribution >= 4 is 33.4 Å². The number of anilines is 1. The van der Waals surface area contributed by atoms with E-state index in [0.717, 1.165) is 20.6 Å². The molecule has 0 spiro atoms. The van der Waals surface area contributed by atoms with Crippen LogP contribution in [-0.4, -0.2) is 10.1 Å². The van der Waals surface area contributed by atoms with Crippen LogP contribution in [0.2, 0.25) is 0 Å². The molecule has 0 atom stereocenters. The highest BCUT2D eigenvalue weighted by molar-refractivity contribution is 9.10. The van der Waals surface area contributed by atoms with Crippen LogP contribution in [0.5, 0.6) is 0 Å². The highest BCUT2D eigenvalue weighted by Gasteiger charge is 2.09. The van der Waals surface area contributed by atoms with Crippen molar-refractivity contribution in [3.05, 3.63) is 58.9 Å². The lowest BCUT2D eigenvalue weighted by molar-refractivity contribution is 0.391. The third kappa shape index (κ3) is 3.65. The first-order valence-electron chi connectivity index (χ1n) is 6.27. The second-order valence-electron chi connectivity index (χ2n) is 4.38. The molecule has 6 heteroatoms. The molecule has 2 N–H and O–H groups in total. The van der Waals surface area contributed by atoms with Crippen molar-refractivity contribution in [3.8, 4) is 11.4 Å². The average molecular weight is 362 g/mol. The van der Waals surface area contributed by atoms with Crippen LogP contribution in [0.3, 0.4) is 0 Å². The van der Waals surface area contributed by atoms with Crippen molar-refractivity contribution in [1.82, 2.24) is 10.1 Å². The maximum absolute atomic E-state index is 5.66. The van der Waals surface area contributed by atoms with Crippen LogP contribution >= 0.6 is 27.7 Å². The van der Waals surface area contributed by atoms with Crippen molar-refractivity contribution in [2.24, 2.45) is 0 Å². The standard InChI is InChI=1S/C15H12BrN3OS/c16-11-3-1-2-10(8-11)15-18-14(20-19-15)9-21-13-6-4-12(17)5-7-13/h1-8H,9,17H2. The summed E-state index contributed by atoms with van der Waals surface area (Å²) in [5.41, 5.74) is 7.35. The number of halogens is 1. The van der Waals surface area contributed by atoms with E-state index >= 15 is 0 Å². The van der Waals surface area contributed by atoms with Gasteiger partial charge in [-0.15, -0.1) is 11.8 Å². The molecule has 0 radical (unpaired) electrons. The van der Waals surface area contributed by atoms with Crippen molar-refractivity contribution in [1.29, 1.82) is 0 Å². The Morgan fingerprint density at radius 2 is 1.95 bits per heavy atom. The molecule has 4 nitrogen and oxygen atoms in total. The van der Waals surface area contributed by atoms with Gasteiger partial charge in [-0.2, -0.15) is 4.98 Å². The Balaban J connectivity index is 1.69. The van der Waals surface area contributed by atoms with Gasteiger partial charge < -0.3 is 10.3 Å². The van der Waals surface area contributed by atoms with Gasteiger partial charge in [0.1, 0.15) is 0 Å². The minimum atomic E-state index is 0.601. The van der Waals surface area contributed by atoms with Crippen molar-refractivity contribution in [3.63, 3.8) is 0 Å². The second-order valence-corrected chi connectivity index (χ2v) is 6.34. The summed E-state index contributed by atoms with van der Waals surface area (Å²) in [5, 5.41) is 4.01. The number of aromatic nitrogens is 2. The van der Waals surface area contributed by atoms with Gasteiger partial charge in [0.05, 0.1) is 5.75 Å². The summed E-state index contributed by atoms with van der Waals surface area (Å²) in [6.45, 7) is 0. The fourth-order valence-electron chi connectivity index (χ4n) is 1.77. The van der Waals surface area contributed by atoms with E-state index in [1.165, 1.54) is 0 Å². The summed E-state index contributed by atoms with van der Waals surface area (Å²) in [6.07, 6.45) is 0. The summed E-state index contributed by atoms with van der Waals surface area (Å²) >= 11 is 5.07. The van der Waals surface area contributed by atoms with Gasteiger partial charge in [-0.05, 0) is 36.4 Å². The summed E-state index contributed by atoms with van der Waals surface area (Å²) in [7, 11) is 0. The lowest BCUT2D eigenvalue weighted by atomic mass is 10.2. The van der Waals surface area contributed by atoms with Crippen LogP contribution in [0.1, 0.15) is 5.89 Å². The molecule has 0 aliphatic rings. The van der Waals surface area contributed by atoms with E-state index in [1.54, 1.807) is 11.8 Å². The zero-order valence-corrected chi connectivity index (χ0v) is 13.4. The smallest absolute Gasteiger partial charge is 0.237 e. The molecule has 0 aliphatic heterocycles. The quantitative estimate of drug-likeness (QED) is 0.551. The zero-order valence-electron chi connectivity index (χ0n) is 11.0. The molecule has 0 aliphatic carbocycles. The number of nitrogens with zero attached hydrogens (tertiary/aromatic N) is 2. The maximum Gasteiger partial charge on any atom is 0.237 e. The van der Waals surface area contributed by atoms with Crippen LogP contribution < -0.4 is 5.73 Å². The Kier molecular flexibility index (Phi) is 4.26. The zero-order chi connectivity index (χ0) is 14.7. The molecule has 0 saturated heterocycles. The number of thioether (sulfide) groups is 1. The molecule has 21 heavy (non-hydrogen) atoms. The lowest BCUT2D eigenvalue weighted by Gasteiger charge is -1.98. The maximum atomic E-state index is 5.66. The second kappa shape index (κ2) is 6.32. The first kappa shape index (κ1) is 14.2. The molecule has 3 rings (SSSR count). The lowest BCUT2D eigenvalue weighted by Crippen LogP contribution is -1.84. The van der Waals surface area contributed by atoms with Gasteiger partial charge in [0, 0.05) is 20.6 Å². The topological polar surface area (TPSA) is 64.9 Å². The molecular weight excluding hydrogens is 350 g/mol. The summed E-state index contributed by atoms with van der Waals surface area (Å²) < 4.78 is 6.27. The Morgan fingerprint density at radius 3 is 2.71 bits per heavy atom. The van der Waals surface area contributed by atoms with Gasteiger partial charge in [0.15, 0.2) is 0 Å². The van der Waals surface area contributed by atoms with Crippen LogP contribution in [0.4, 0.5) is 5.69 Å². The molecular formula is C15H12BrN3OS. The van der Waals surface area contributed by atoms with Gasteiger partial charge in [0.25, 0.3) is 0 Å². The molecule has 2 aromatic carbocycles. The number of nitrogen functional groups attached to an aromatic ring is 1. The van der Waals surface area contributed by atoms with Crippen molar-refractivity contribution < 1.29 is 4.52 Å². The van der Waals surface area contributed by atoms with E-state index in [-0.39, 0.29) is 0 Å². The predicted octanol–water partition coefficient (Wildman–Crippen LogP) is 4.37. The number of hydrogen-bond acceptors (Lipinski definition) is 5. The monoisotopic (exact) mass is 361 g/mol. The Morgan fingerprint density at radius 1 is 1.14 bits per heavy atom. The fourth-order valence-corrected chi connectivity index (χ4v) is 2.90. The number of rotatable bonds is 4. The molecule has 0 bridgehead atoms.